The predicted molar refractivity (Wildman–Crippen MR) is 68.6 cm³/mol. The zero-order chi connectivity index (χ0) is 16.8. The minimum atomic E-state index is -4.93. The van der Waals surface area contributed by atoms with Gasteiger partial charge in [-0.3, -0.25) is 0 Å². The number of benzene rings is 1. The molecule has 1 fully saturated rings. The Kier molecular flexibility index (Phi) is 3.78. The molecule has 3 rings (SSSR count). The zero-order valence-corrected chi connectivity index (χ0v) is 11.7. The first-order valence-electron chi connectivity index (χ1n) is 6.96. The molecule has 0 bridgehead atoms. The van der Waals surface area contributed by atoms with Gasteiger partial charge >= 0.3 is 12.4 Å². The fourth-order valence-corrected chi connectivity index (χ4v) is 2.63. The highest BCUT2D eigenvalue weighted by Crippen LogP contribution is 2.40. The number of halogens is 6. The standard InChI is InChI=1S/C14H12F6N2O/c15-13(16,17)7-5-8(14(18,19)20)11-9(6-7)21-12(22-11)10-3-1-2-4-23-10/h5-6,10H,1-4H2,(H,21,22). The lowest BCUT2D eigenvalue weighted by molar-refractivity contribution is -0.142. The molecule has 2 heterocycles. The van der Waals surface area contributed by atoms with Crippen LogP contribution in [-0.4, -0.2) is 16.6 Å². The van der Waals surface area contributed by atoms with Gasteiger partial charge in [0, 0.05) is 6.61 Å². The Bertz CT molecular complexity index is 712. The van der Waals surface area contributed by atoms with E-state index < -0.39 is 35.1 Å². The summed E-state index contributed by atoms with van der Waals surface area (Å²) in [5.41, 5.74) is -3.58. The molecule has 1 aliphatic rings. The van der Waals surface area contributed by atoms with Crippen LogP contribution in [0.15, 0.2) is 12.1 Å². The van der Waals surface area contributed by atoms with E-state index >= 15 is 0 Å². The number of aromatic nitrogens is 2. The Balaban J connectivity index is 2.15. The lowest BCUT2D eigenvalue weighted by Gasteiger charge is -2.20. The van der Waals surface area contributed by atoms with Gasteiger partial charge in [-0.25, -0.2) is 4.98 Å². The summed E-state index contributed by atoms with van der Waals surface area (Å²) in [5, 5.41) is 0. The van der Waals surface area contributed by atoms with E-state index in [0.717, 1.165) is 12.8 Å². The number of H-pyrrole nitrogens is 1. The monoisotopic (exact) mass is 338 g/mol. The van der Waals surface area contributed by atoms with Crippen LogP contribution >= 0.6 is 0 Å². The number of hydrogen-bond donors (Lipinski definition) is 1. The lowest BCUT2D eigenvalue weighted by Crippen LogP contribution is -2.13. The summed E-state index contributed by atoms with van der Waals surface area (Å²) >= 11 is 0. The van der Waals surface area contributed by atoms with Crippen LogP contribution in [0.4, 0.5) is 26.3 Å². The summed E-state index contributed by atoms with van der Waals surface area (Å²) in [6.07, 6.45) is -8.11. The average Bonchev–Trinajstić information content (AvgIpc) is 2.89. The second-order valence-corrected chi connectivity index (χ2v) is 5.39. The molecule has 1 N–H and O–H groups in total. The van der Waals surface area contributed by atoms with Crippen LogP contribution < -0.4 is 0 Å². The topological polar surface area (TPSA) is 37.9 Å². The van der Waals surface area contributed by atoms with Gasteiger partial charge < -0.3 is 9.72 Å². The third kappa shape index (κ3) is 3.15. The van der Waals surface area contributed by atoms with Gasteiger partial charge in [-0.2, -0.15) is 26.3 Å². The van der Waals surface area contributed by atoms with Crippen molar-refractivity contribution in [1.29, 1.82) is 0 Å². The summed E-state index contributed by atoms with van der Waals surface area (Å²) in [6.45, 7) is 0.446. The molecule has 23 heavy (non-hydrogen) atoms. The summed E-state index contributed by atoms with van der Waals surface area (Å²) in [5.74, 6) is 0.129. The molecule has 1 aromatic carbocycles. The van der Waals surface area contributed by atoms with Crippen LogP contribution in [0, 0.1) is 0 Å². The number of hydrogen-bond acceptors (Lipinski definition) is 2. The maximum Gasteiger partial charge on any atom is 0.418 e. The van der Waals surface area contributed by atoms with E-state index in [-0.39, 0.29) is 17.4 Å². The molecule has 9 heteroatoms. The SMILES string of the molecule is FC(F)(F)c1cc(C(F)(F)F)c2nc(C3CCCCO3)[nH]c2c1. The van der Waals surface area contributed by atoms with Crippen molar-refractivity contribution in [3.05, 3.63) is 29.1 Å². The highest BCUT2D eigenvalue weighted by molar-refractivity contribution is 5.80. The fraction of sp³-hybridized carbons (Fsp3) is 0.500. The molecule has 1 saturated heterocycles. The Morgan fingerprint density at radius 2 is 1.78 bits per heavy atom. The third-order valence-electron chi connectivity index (χ3n) is 3.72. The van der Waals surface area contributed by atoms with Crippen LogP contribution in [0.5, 0.6) is 0 Å². The molecule has 0 spiro atoms. The quantitative estimate of drug-likeness (QED) is 0.756. The molecular formula is C14H12F6N2O. The van der Waals surface area contributed by atoms with Gasteiger partial charge in [-0.1, -0.05) is 0 Å². The average molecular weight is 338 g/mol. The van der Waals surface area contributed by atoms with Gasteiger partial charge in [-0.15, -0.1) is 0 Å². The molecule has 2 aromatic rings. The predicted octanol–water partition coefficient (Wildman–Crippen LogP) is 4.84. The summed E-state index contributed by atoms with van der Waals surface area (Å²) in [6, 6.07) is 0.735. The van der Waals surface area contributed by atoms with Crippen molar-refractivity contribution in [1.82, 2.24) is 9.97 Å². The van der Waals surface area contributed by atoms with E-state index in [0.29, 0.717) is 19.1 Å². The normalized spacial score (nSPS) is 20.2. The molecule has 1 unspecified atom stereocenters. The molecule has 0 aliphatic carbocycles. The Morgan fingerprint density at radius 3 is 2.35 bits per heavy atom. The first-order valence-corrected chi connectivity index (χ1v) is 6.96. The fourth-order valence-electron chi connectivity index (χ4n) is 2.63. The van der Waals surface area contributed by atoms with E-state index in [2.05, 4.69) is 9.97 Å². The Morgan fingerprint density at radius 1 is 1.04 bits per heavy atom. The molecule has 1 aliphatic heterocycles. The van der Waals surface area contributed by atoms with Crippen LogP contribution in [0.2, 0.25) is 0 Å². The molecule has 0 saturated carbocycles. The molecule has 0 radical (unpaired) electrons. The van der Waals surface area contributed by atoms with Crippen molar-refractivity contribution in [3.8, 4) is 0 Å². The van der Waals surface area contributed by atoms with E-state index in [9.17, 15) is 26.3 Å². The first-order chi connectivity index (χ1) is 10.7. The second-order valence-electron chi connectivity index (χ2n) is 5.39. The van der Waals surface area contributed by atoms with Crippen molar-refractivity contribution in [3.63, 3.8) is 0 Å². The molecular weight excluding hydrogens is 326 g/mol. The number of nitrogens with zero attached hydrogens (tertiary/aromatic N) is 1. The smallest absolute Gasteiger partial charge is 0.370 e. The second kappa shape index (κ2) is 5.40. The number of aromatic amines is 1. The van der Waals surface area contributed by atoms with Crippen LogP contribution in [0.25, 0.3) is 11.0 Å². The van der Waals surface area contributed by atoms with Crippen molar-refractivity contribution < 1.29 is 31.1 Å². The summed E-state index contributed by atoms with van der Waals surface area (Å²) < 4.78 is 83.1. The molecule has 3 nitrogen and oxygen atoms in total. The highest BCUT2D eigenvalue weighted by Gasteiger charge is 2.39. The number of alkyl halides is 6. The van der Waals surface area contributed by atoms with Crippen molar-refractivity contribution >= 4 is 11.0 Å². The van der Waals surface area contributed by atoms with Gasteiger partial charge in [-0.05, 0) is 31.4 Å². The Hall–Kier alpha value is -1.77. The van der Waals surface area contributed by atoms with Crippen molar-refractivity contribution in [2.75, 3.05) is 6.61 Å². The van der Waals surface area contributed by atoms with Gasteiger partial charge in [0.15, 0.2) is 0 Å². The molecule has 1 aromatic heterocycles. The number of nitrogens with one attached hydrogen (secondary N) is 1. The van der Waals surface area contributed by atoms with Crippen LogP contribution in [-0.2, 0) is 17.1 Å². The summed E-state index contributed by atoms with van der Waals surface area (Å²) in [7, 11) is 0. The van der Waals surface area contributed by atoms with Crippen molar-refractivity contribution in [2.24, 2.45) is 0 Å². The Labute approximate surface area is 126 Å². The first kappa shape index (κ1) is 16.1. The van der Waals surface area contributed by atoms with Crippen LogP contribution in [0.1, 0.15) is 42.3 Å². The lowest BCUT2D eigenvalue weighted by atomic mass is 10.1. The number of imidazole rings is 1. The number of ether oxygens (including phenoxy) is 1. The molecule has 1 atom stereocenters. The molecule has 0 amide bonds. The van der Waals surface area contributed by atoms with E-state index in [4.69, 9.17) is 4.74 Å². The highest BCUT2D eigenvalue weighted by atomic mass is 19.4. The number of fused-ring (bicyclic) bond motifs is 1. The maximum atomic E-state index is 13.1. The summed E-state index contributed by atoms with van der Waals surface area (Å²) in [4.78, 5) is 6.41. The molecule has 126 valence electrons. The minimum Gasteiger partial charge on any atom is -0.370 e. The van der Waals surface area contributed by atoms with Gasteiger partial charge in [0.2, 0.25) is 0 Å². The zero-order valence-electron chi connectivity index (χ0n) is 11.7. The van der Waals surface area contributed by atoms with Crippen LogP contribution in [0.3, 0.4) is 0 Å². The minimum absolute atomic E-state index is 0.0919. The van der Waals surface area contributed by atoms with E-state index in [1.54, 1.807) is 0 Å². The maximum absolute atomic E-state index is 13.1. The van der Waals surface area contributed by atoms with E-state index in [1.165, 1.54) is 0 Å². The number of rotatable bonds is 1. The van der Waals surface area contributed by atoms with Gasteiger partial charge in [0.05, 0.1) is 16.6 Å². The van der Waals surface area contributed by atoms with Gasteiger partial charge in [0.1, 0.15) is 17.4 Å². The van der Waals surface area contributed by atoms with Crippen molar-refractivity contribution in [2.45, 2.75) is 37.7 Å². The van der Waals surface area contributed by atoms with Gasteiger partial charge in [0.25, 0.3) is 0 Å². The largest absolute Gasteiger partial charge is 0.418 e. The van der Waals surface area contributed by atoms with E-state index in [1.807, 2.05) is 0 Å². The third-order valence-corrected chi connectivity index (χ3v) is 3.72.